The minimum atomic E-state index is -2.32. The second-order valence-electron chi connectivity index (χ2n) is 6.69. The zero-order chi connectivity index (χ0) is 19.2. The zero-order valence-electron chi connectivity index (χ0n) is 14.9. The zero-order valence-corrected chi connectivity index (χ0v) is 15.7. The molecule has 3 rings (SSSR count). The number of alkyl halides is 2. The Kier molecular flexibility index (Phi) is 6.90. The topological polar surface area (TPSA) is 50.8 Å². The van der Waals surface area contributed by atoms with Gasteiger partial charge in [0.05, 0.1) is 24.8 Å². The van der Waals surface area contributed by atoms with Crippen molar-refractivity contribution >= 4 is 23.6 Å². The Hall–Kier alpha value is -1.86. The van der Waals surface area contributed by atoms with Crippen LogP contribution < -0.4 is 14.8 Å². The van der Waals surface area contributed by atoms with Gasteiger partial charge in [0.2, 0.25) is 5.91 Å². The molecule has 2 aliphatic heterocycles. The minimum Gasteiger partial charge on any atom is -0.489 e. The third-order valence-corrected chi connectivity index (χ3v) is 4.86. The third kappa shape index (κ3) is 5.81. The molecule has 148 valence electrons. The Morgan fingerprint density at radius 3 is 2.78 bits per heavy atom. The van der Waals surface area contributed by atoms with Crippen molar-refractivity contribution in [2.75, 3.05) is 32.8 Å². The Bertz CT molecular complexity index is 692. The number of benzene rings is 1. The minimum absolute atomic E-state index is 0.00318. The summed E-state index contributed by atoms with van der Waals surface area (Å²) in [6, 6.07) is 3.52. The lowest BCUT2D eigenvalue weighted by atomic mass is 10.0. The lowest BCUT2D eigenvalue weighted by Gasteiger charge is -2.31. The molecule has 0 atom stereocenters. The Morgan fingerprint density at radius 1 is 1.30 bits per heavy atom. The number of piperidine rings is 1. The number of hydrogen-bond donors (Lipinski definition) is 1. The van der Waals surface area contributed by atoms with Gasteiger partial charge in [-0.3, -0.25) is 9.69 Å². The molecule has 1 aromatic carbocycles. The van der Waals surface area contributed by atoms with Crippen LogP contribution in [-0.4, -0.2) is 56.1 Å². The molecule has 0 aliphatic carbocycles. The van der Waals surface area contributed by atoms with Crippen LogP contribution in [0.2, 0.25) is 5.02 Å². The fraction of sp³-hybridized carbons (Fsp3) is 0.526. The molecule has 2 heterocycles. The van der Waals surface area contributed by atoms with E-state index < -0.39 is 6.43 Å². The van der Waals surface area contributed by atoms with E-state index >= 15 is 0 Å². The maximum absolute atomic E-state index is 12.4. The summed E-state index contributed by atoms with van der Waals surface area (Å²) in [5.41, 5.74) is 0.742. The molecule has 27 heavy (non-hydrogen) atoms. The van der Waals surface area contributed by atoms with Crippen molar-refractivity contribution in [3.8, 4) is 11.5 Å². The molecule has 0 unspecified atom stereocenters. The Morgan fingerprint density at radius 2 is 2.04 bits per heavy atom. The van der Waals surface area contributed by atoms with Gasteiger partial charge in [0, 0.05) is 31.6 Å². The van der Waals surface area contributed by atoms with Crippen LogP contribution in [0.15, 0.2) is 18.2 Å². The molecule has 8 heteroatoms. The smallest absolute Gasteiger partial charge is 0.251 e. The van der Waals surface area contributed by atoms with Gasteiger partial charge < -0.3 is 14.8 Å². The number of carbonyl (C=O) groups is 1. The number of nitrogens with zero attached hydrogens (tertiary/aromatic N) is 1. The van der Waals surface area contributed by atoms with E-state index in [0.29, 0.717) is 55.7 Å². The van der Waals surface area contributed by atoms with E-state index in [4.69, 9.17) is 21.1 Å². The normalized spacial score (nSPS) is 18.7. The number of carbonyl (C=O) groups excluding carboxylic acids is 1. The predicted molar refractivity (Wildman–Crippen MR) is 99.7 cm³/mol. The summed E-state index contributed by atoms with van der Waals surface area (Å²) < 4.78 is 36.0. The molecule has 1 fully saturated rings. The van der Waals surface area contributed by atoms with Crippen molar-refractivity contribution < 1.29 is 23.0 Å². The molecule has 0 aromatic heterocycles. The van der Waals surface area contributed by atoms with Crippen molar-refractivity contribution in [2.24, 2.45) is 0 Å². The van der Waals surface area contributed by atoms with Gasteiger partial charge in [-0.15, -0.1) is 0 Å². The highest BCUT2D eigenvalue weighted by atomic mass is 35.5. The molecule has 0 bridgehead atoms. The third-order valence-electron chi connectivity index (χ3n) is 4.58. The maximum atomic E-state index is 12.4. The van der Waals surface area contributed by atoms with Crippen molar-refractivity contribution in [1.29, 1.82) is 0 Å². The second kappa shape index (κ2) is 9.37. The number of nitrogens with one attached hydrogen (secondary N) is 1. The van der Waals surface area contributed by atoms with E-state index in [1.807, 2.05) is 0 Å². The molecule has 2 aliphatic rings. The highest BCUT2D eigenvalue weighted by Crippen LogP contribution is 2.38. The molecule has 1 N–H and O–H groups in total. The van der Waals surface area contributed by atoms with Crippen LogP contribution in [0.5, 0.6) is 11.5 Å². The first kappa shape index (κ1) is 19.9. The van der Waals surface area contributed by atoms with Crippen LogP contribution in [-0.2, 0) is 4.79 Å². The average Bonchev–Trinajstić information content (AvgIpc) is 2.87. The summed E-state index contributed by atoms with van der Waals surface area (Å²) in [5, 5.41) is 3.37. The first-order chi connectivity index (χ1) is 13.0. The van der Waals surface area contributed by atoms with E-state index in [0.717, 1.165) is 12.0 Å². The van der Waals surface area contributed by atoms with Crippen molar-refractivity contribution in [3.63, 3.8) is 0 Å². The molecule has 0 radical (unpaired) electrons. The predicted octanol–water partition coefficient (Wildman–Crippen LogP) is 3.36. The fourth-order valence-corrected chi connectivity index (χ4v) is 3.50. The molecular formula is C19H23ClF2N2O3. The molecular weight excluding hydrogens is 378 g/mol. The highest BCUT2D eigenvalue weighted by molar-refractivity contribution is 6.32. The standard InChI is InChI=1S/C19H23ClF2N2O3/c20-15-10-13(11-16-19(15)27-9-1-8-26-16)2-3-18(25)23-14-4-6-24(7-5-14)12-17(21)22/h2-3,10-11,14,17H,1,4-9,12H2,(H,23,25)/b3-2-. The van der Waals surface area contributed by atoms with E-state index in [9.17, 15) is 13.6 Å². The molecule has 1 amide bonds. The second-order valence-corrected chi connectivity index (χ2v) is 7.10. The number of hydrogen-bond acceptors (Lipinski definition) is 4. The van der Waals surface area contributed by atoms with Gasteiger partial charge in [-0.05, 0) is 36.6 Å². The van der Waals surface area contributed by atoms with Crippen LogP contribution in [0.4, 0.5) is 8.78 Å². The van der Waals surface area contributed by atoms with Crippen molar-refractivity contribution in [2.45, 2.75) is 31.7 Å². The highest BCUT2D eigenvalue weighted by Gasteiger charge is 2.22. The van der Waals surface area contributed by atoms with Gasteiger partial charge in [-0.25, -0.2) is 8.78 Å². The summed E-state index contributed by atoms with van der Waals surface area (Å²) in [6.07, 6.45) is 2.92. The van der Waals surface area contributed by atoms with Crippen LogP contribution in [0.25, 0.3) is 6.08 Å². The summed E-state index contributed by atoms with van der Waals surface area (Å²) >= 11 is 6.24. The van der Waals surface area contributed by atoms with Gasteiger partial charge >= 0.3 is 0 Å². The number of likely N-dealkylation sites (tertiary alicyclic amines) is 1. The average molecular weight is 401 g/mol. The molecule has 5 nitrogen and oxygen atoms in total. The van der Waals surface area contributed by atoms with Crippen LogP contribution >= 0.6 is 11.6 Å². The first-order valence-corrected chi connectivity index (χ1v) is 9.47. The van der Waals surface area contributed by atoms with Crippen molar-refractivity contribution in [1.82, 2.24) is 10.2 Å². The largest absolute Gasteiger partial charge is 0.489 e. The van der Waals surface area contributed by atoms with E-state index in [2.05, 4.69) is 5.32 Å². The number of amides is 1. The quantitative estimate of drug-likeness (QED) is 0.770. The first-order valence-electron chi connectivity index (χ1n) is 9.09. The lowest BCUT2D eigenvalue weighted by molar-refractivity contribution is -0.117. The number of fused-ring (bicyclic) bond motifs is 1. The molecule has 1 aromatic rings. The summed E-state index contributed by atoms with van der Waals surface area (Å²) in [4.78, 5) is 13.9. The van der Waals surface area contributed by atoms with E-state index in [1.165, 1.54) is 6.08 Å². The van der Waals surface area contributed by atoms with Crippen LogP contribution in [0.1, 0.15) is 24.8 Å². The van der Waals surface area contributed by atoms with Crippen LogP contribution in [0.3, 0.4) is 0 Å². The monoisotopic (exact) mass is 400 g/mol. The lowest BCUT2D eigenvalue weighted by Crippen LogP contribution is -2.45. The fourth-order valence-electron chi connectivity index (χ4n) is 3.22. The van der Waals surface area contributed by atoms with Gasteiger partial charge in [-0.1, -0.05) is 11.6 Å². The summed E-state index contributed by atoms with van der Waals surface area (Å²) in [6.45, 7) is 2.04. The Labute approximate surface area is 162 Å². The van der Waals surface area contributed by atoms with Gasteiger partial charge in [0.1, 0.15) is 0 Å². The molecule has 1 saturated heterocycles. The molecule has 0 saturated carbocycles. The number of rotatable bonds is 5. The van der Waals surface area contributed by atoms with Gasteiger partial charge in [0.25, 0.3) is 6.43 Å². The van der Waals surface area contributed by atoms with Crippen molar-refractivity contribution in [3.05, 3.63) is 28.8 Å². The Balaban J connectivity index is 1.53. The maximum Gasteiger partial charge on any atom is 0.251 e. The summed E-state index contributed by atoms with van der Waals surface area (Å²) in [5.74, 6) is 0.892. The molecule has 0 spiro atoms. The van der Waals surface area contributed by atoms with E-state index in [-0.39, 0.29) is 18.5 Å². The summed E-state index contributed by atoms with van der Waals surface area (Å²) in [7, 11) is 0. The van der Waals surface area contributed by atoms with Gasteiger partial charge in [-0.2, -0.15) is 0 Å². The number of ether oxygens (including phenoxy) is 2. The SMILES string of the molecule is O=C(/C=C\c1cc(Cl)c2c(c1)OCCCO2)NC1CCN(CC(F)F)CC1. The van der Waals surface area contributed by atoms with E-state index in [1.54, 1.807) is 23.1 Å². The van der Waals surface area contributed by atoms with Gasteiger partial charge in [0.15, 0.2) is 11.5 Å². The number of halogens is 3. The van der Waals surface area contributed by atoms with Crippen LogP contribution in [0, 0.1) is 0 Å².